The molecule has 4 heteroatoms. The quantitative estimate of drug-likeness (QED) is 0.489. The first-order valence-corrected chi connectivity index (χ1v) is 1.92. The Kier molecular flexibility index (Phi) is 3.78. The minimum absolute atomic E-state index is 0.272. The third-order valence-electron chi connectivity index (χ3n) is 0.387. The fraction of sp³-hybridized carbons (Fsp3) is 0.500. The average molecular weight is 117 g/mol. The second-order valence-corrected chi connectivity index (χ2v) is 1.03. The van der Waals surface area contributed by atoms with Crippen molar-refractivity contribution in [1.82, 2.24) is 0 Å². The number of ether oxygens (including phenoxy) is 1. The van der Waals surface area contributed by atoms with Gasteiger partial charge in [0.15, 0.2) is 0 Å². The summed E-state index contributed by atoms with van der Waals surface area (Å²) < 4.78 is 4.22. The molecule has 0 fully saturated rings. The Bertz CT molecular complexity index is 88.0. The minimum atomic E-state index is -1.08. The number of carbonyl (C=O) groups is 1. The van der Waals surface area contributed by atoms with E-state index in [1.807, 2.05) is 0 Å². The van der Waals surface area contributed by atoms with Gasteiger partial charge in [-0.05, 0) is 0 Å². The van der Waals surface area contributed by atoms with E-state index in [4.69, 9.17) is 5.11 Å². The van der Waals surface area contributed by atoms with Crippen molar-refractivity contribution in [2.45, 2.75) is 0 Å². The summed E-state index contributed by atoms with van der Waals surface area (Å²) >= 11 is 0. The van der Waals surface area contributed by atoms with Crippen molar-refractivity contribution >= 4 is 12.3 Å². The highest BCUT2D eigenvalue weighted by Gasteiger charge is 1.92. The van der Waals surface area contributed by atoms with Crippen LogP contribution in [0.5, 0.6) is 0 Å². The molecule has 0 aliphatic heterocycles. The maximum atomic E-state index is 9.62. The van der Waals surface area contributed by atoms with Gasteiger partial charge in [0, 0.05) is 0 Å². The standard InChI is InChI=1S/C4H5O4/c5-1-2-8-3-4(6)7/h2-3H2,(H,6,7). The van der Waals surface area contributed by atoms with Crippen molar-refractivity contribution in [2.24, 2.45) is 0 Å². The van der Waals surface area contributed by atoms with Crippen LogP contribution in [0.15, 0.2) is 0 Å². The van der Waals surface area contributed by atoms with Crippen molar-refractivity contribution in [3.8, 4) is 0 Å². The Morgan fingerprint density at radius 3 is 2.75 bits per heavy atom. The molecule has 0 unspecified atom stereocenters. The zero-order chi connectivity index (χ0) is 6.41. The van der Waals surface area contributed by atoms with Gasteiger partial charge in [0.05, 0.1) is 0 Å². The normalized spacial score (nSPS) is 8.50. The predicted octanol–water partition coefficient (Wildman–Crippen LogP) is -0.803. The minimum Gasteiger partial charge on any atom is -0.480 e. The number of hydrogen-bond acceptors (Lipinski definition) is 3. The summed E-state index contributed by atoms with van der Waals surface area (Å²) in [7, 11) is 0. The summed E-state index contributed by atoms with van der Waals surface area (Å²) in [5.41, 5.74) is 0. The lowest BCUT2D eigenvalue weighted by atomic mass is 10.7. The number of aliphatic carboxylic acids is 1. The summed E-state index contributed by atoms with van der Waals surface area (Å²) in [5, 5.41) is 7.89. The van der Waals surface area contributed by atoms with E-state index in [0.717, 1.165) is 0 Å². The molecule has 0 aromatic rings. The highest BCUT2D eigenvalue weighted by Crippen LogP contribution is 1.68. The molecule has 0 atom stereocenters. The molecule has 45 valence electrons. The second kappa shape index (κ2) is 4.26. The van der Waals surface area contributed by atoms with E-state index in [1.165, 1.54) is 6.29 Å². The molecule has 0 aromatic heterocycles. The van der Waals surface area contributed by atoms with Crippen LogP contribution in [0.1, 0.15) is 0 Å². The Hall–Kier alpha value is -0.900. The smallest absolute Gasteiger partial charge is 0.329 e. The molecule has 0 aromatic carbocycles. The molecule has 0 saturated heterocycles. The number of hydrogen-bond donors (Lipinski definition) is 1. The average Bonchev–Trinajstić information content (AvgIpc) is 1.66. The summed E-state index contributed by atoms with van der Waals surface area (Å²) in [6.45, 7) is -0.707. The maximum Gasteiger partial charge on any atom is 0.329 e. The fourth-order valence-electron chi connectivity index (χ4n) is 0.180. The van der Waals surface area contributed by atoms with Crippen molar-refractivity contribution in [3.63, 3.8) is 0 Å². The molecule has 0 aliphatic rings. The zero-order valence-electron chi connectivity index (χ0n) is 4.09. The van der Waals surface area contributed by atoms with Crippen LogP contribution in [-0.4, -0.2) is 30.6 Å². The first-order chi connectivity index (χ1) is 3.77. The van der Waals surface area contributed by atoms with Gasteiger partial charge in [-0.25, -0.2) is 4.79 Å². The molecule has 0 rings (SSSR count). The van der Waals surface area contributed by atoms with Crippen molar-refractivity contribution in [2.75, 3.05) is 13.2 Å². The molecule has 1 N–H and O–H groups in total. The fourth-order valence-corrected chi connectivity index (χ4v) is 0.180. The van der Waals surface area contributed by atoms with Crippen LogP contribution in [0.25, 0.3) is 0 Å². The van der Waals surface area contributed by atoms with E-state index < -0.39 is 12.6 Å². The van der Waals surface area contributed by atoms with Gasteiger partial charge in [-0.3, -0.25) is 4.79 Å². The van der Waals surface area contributed by atoms with Crippen LogP contribution in [-0.2, 0) is 14.3 Å². The van der Waals surface area contributed by atoms with Gasteiger partial charge >= 0.3 is 5.97 Å². The van der Waals surface area contributed by atoms with Crippen LogP contribution in [0.2, 0.25) is 0 Å². The lowest BCUT2D eigenvalue weighted by Crippen LogP contribution is -2.07. The molecule has 0 aliphatic carbocycles. The highest BCUT2D eigenvalue weighted by molar-refractivity contribution is 5.68. The molecular formula is C4H5O4. The SMILES string of the molecule is O=[C]COCC(=O)O. The monoisotopic (exact) mass is 117 g/mol. The number of carboxylic acid groups (broad SMARTS) is 1. The Morgan fingerprint density at radius 2 is 2.38 bits per heavy atom. The van der Waals surface area contributed by atoms with Crippen LogP contribution < -0.4 is 0 Å². The van der Waals surface area contributed by atoms with Crippen molar-refractivity contribution in [3.05, 3.63) is 0 Å². The molecule has 0 spiro atoms. The number of rotatable bonds is 4. The number of carbonyl (C=O) groups excluding carboxylic acids is 1. The lowest BCUT2D eigenvalue weighted by molar-refractivity contribution is -0.141. The third kappa shape index (κ3) is 5.10. The van der Waals surface area contributed by atoms with Crippen molar-refractivity contribution in [1.29, 1.82) is 0 Å². The molecule has 0 bridgehead atoms. The first-order valence-electron chi connectivity index (χ1n) is 1.92. The Labute approximate surface area is 46.1 Å². The topological polar surface area (TPSA) is 63.6 Å². The van der Waals surface area contributed by atoms with Gasteiger partial charge in [0.1, 0.15) is 13.2 Å². The van der Waals surface area contributed by atoms with E-state index >= 15 is 0 Å². The van der Waals surface area contributed by atoms with Gasteiger partial charge < -0.3 is 9.84 Å². The third-order valence-corrected chi connectivity index (χ3v) is 0.387. The summed E-state index contributed by atoms with van der Waals surface area (Å²) in [6.07, 6.45) is 1.39. The van der Waals surface area contributed by atoms with Crippen LogP contribution in [0.4, 0.5) is 0 Å². The van der Waals surface area contributed by atoms with Crippen LogP contribution in [0, 0.1) is 0 Å². The Balaban J connectivity index is 2.93. The highest BCUT2D eigenvalue weighted by atomic mass is 16.5. The lowest BCUT2D eigenvalue weighted by Gasteiger charge is -1.89. The Morgan fingerprint density at radius 1 is 1.75 bits per heavy atom. The second-order valence-electron chi connectivity index (χ2n) is 1.03. The van der Waals surface area contributed by atoms with E-state index in [9.17, 15) is 9.59 Å². The van der Waals surface area contributed by atoms with Gasteiger partial charge in [-0.15, -0.1) is 0 Å². The van der Waals surface area contributed by atoms with E-state index in [1.54, 1.807) is 0 Å². The first kappa shape index (κ1) is 7.10. The summed E-state index contributed by atoms with van der Waals surface area (Å²) in [4.78, 5) is 19.0. The molecule has 8 heavy (non-hydrogen) atoms. The zero-order valence-corrected chi connectivity index (χ0v) is 4.09. The van der Waals surface area contributed by atoms with Gasteiger partial charge in [-0.2, -0.15) is 0 Å². The molecular weight excluding hydrogens is 112 g/mol. The van der Waals surface area contributed by atoms with Gasteiger partial charge in [-0.1, -0.05) is 0 Å². The van der Waals surface area contributed by atoms with E-state index in [2.05, 4.69) is 4.74 Å². The summed E-state index contributed by atoms with van der Waals surface area (Å²) in [5.74, 6) is -1.08. The van der Waals surface area contributed by atoms with E-state index in [-0.39, 0.29) is 6.61 Å². The molecule has 0 saturated carbocycles. The molecule has 4 nitrogen and oxygen atoms in total. The largest absolute Gasteiger partial charge is 0.480 e. The number of carboxylic acids is 1. The predicted molar refractivity (Wildman–Crippen MR) is 24.1 cm³/mol. The van der Waals surface area contributed by atoms with Crippen molar-refractivity contribution < 1.29 is 19.4 Å². The molecule has 0 heterocycles. The maximum absolute atomic E-state index is 9.62. The van der Waals surface area contributed by atoms with Crippen LogP contribution >= 0.6 is 0 Å². The molecule has 1 radical (unpaired) electrons. The van der Waals surface area contributed by atoms with E-state index in [0.29, 0.717) is 0 Å². The van der Waals surface area contributed by atoms with Crippen LogP contribution in [0.3, 0.4) is 0 Å². The summed E-state index contributed by atoms with van der Waals surface area (Å²) in [6, 6.07) is 0. The molecule has 0 amide bonds. The van der Waals surface area contributed by atoms with Gasteiger partial charge in [0.25, 0.3) is 0 Å². The van der Waals surface area contributed by atoms with Gasteiger partial charge in [0.2, 0.25) is 6.29 Å².